The smallest absolute Gasteiger partial charge is 0.303 e. The predicted octanol–water partition coefficient (Wildman–Crippen LogP) is 1.52. The van der Waals surface area contributed by atoms with E-state index in [4.69, 9.17) is 10.8 Å². The molecule has 5 nitrogen and oxygen atoms in total. The average molecular weight is 264 g/mol. The van der Waals surface area contributed by atoms with Crippen molar-refractivity contribution in [3.8, 4) is 0 Å². The number of carboxylic acid groups (broad SMARTS) is 1. The van der Waals surface area contributed by atoms with Crippen LogP contribution in [0.5, 0.6) is 0 Å². The quantitative estimate of drug-likeness (QED) is 0.696. The summed E-state index contributed by atoms with van der Waals surface area (Å²) >= 11 is 0. The minimum Gasteiger partial charge on any atom is -0.481 e. The molecule has 0 spiro atoms. The van der Waals surface area contributed by atoms with Gasteiger partial charge in [-0.1, -0.05) is 12.1 Å². The van der Waals surface area contributed by atoms with Gasteiger partial charge in [-0.25, -0.2) is 0 Å². The van der Waals surface area contributed by atoms with Gasteiger partial charge in [0.25, 0.3) is 5.91 Å². The molecule has 19 heavy (non-hydrogen) atoms. The van der Waals surface area contributed by atoms with Crippen molar-refractivity contribution >= 4 is 11.9 Å². The summed E-state index contributed by atoms with van der Waals surface area (Å²) in [7, 11) is 0. The van der Waals surface area contributed by atoms with E-state index < -0.39 is 5.97 Å². The molecule has 1 aromatic carbocycles. The van der Waals surface area contributed by atoms with Crippen LogP contribution in [-0.4, -0.2) is 23.0 Å². The van der Waals surface area contributed by atoms with Crippen LogP contribution in [0, 0.1) is 0 Å². The molecule has 0 radical (unpaired) electrons. The fourth-order valence-corrected chi connectivity index (χ4v) is 1.73. The summed E-state index contributed by atoms with van der Waals surface area (Å²) in [6.45, 7) is 2.32. The van der Waals surface area contributed by atoms with Gasteiger partial charge in [0, 0.05) is 24.6 Å². The summed E-state index contributed by atoms with van der Waals surface area (Å²) in [5.41, 5.74) is 7.05. The van der Waals surface area contributed by atoms with Gasteiger partial charge in [-0.3, -0.25) is 9.59 Å². The fourth-order valence-electron chi connectivity index (χ4n) is 1.73. The standard InChI is InChI=1S/C14H20N2O3/c1-10(3-2-4-13(17)18)16-14(19)12-7-5-11(9-15)6-8-12/h5-8,10H,2-4,9,15H2,1H3,(H,16,19)(H,17,18). The highest BCUT2D eigenvalue weighted by Gasteiger charge is 2.10. The third kappa shape index (κ3) is 5.52. The molecule has 1 aromatic rings. The Bertz CT molecular complexity index is 429. The van der Waals surface area contributed by atoms with Crippen molar-refractivity contribution < 1.29 is 14.7 Å². The van der Waals surface area contributed by atoms with E-state index in [-0.39, 0.29) is 18.4 Å². The monoisotopic (exact) mass is 264 g/mol. The highest BCUT2D eigenvalue weighted by molar-refractivity contribution is 5.94. The van der Waals surface area contributed by atoms with Gasteiger partial charge in [0.15, 0.2) is 0 Å². The summed E-state index contributed by atoms with van der Waals surface area (Å²) in [5.74, 6) is -0.956. The van der Waals surface area contributed by atoms with Crippen LogP contribution in [0.25, 0.3) is 0 Å². The Morgan fingerprint density at radius 1 is 1.32 bits per heavy atom. The lowest BCUT2D eigenvalue weighted by Crippen LogP contribution is -2.32. The van der Waals surface area contributed by atoms with Gasteiger partial charge in [-0.2, -0.15) is 0 Å². The van der Waals surface area contributed by atoms with Crippen molar-refractivity contribution in [2.45, 2.75) is 38.8 Å². The van der Waals surface area contributed by atoms with Crippen LogP contribution in [0.15, 0.2) is 24.3 Å². The van der Waals surface area contributed by atoms with E-state index in [2.05, 4.69) is 5.32 Å². The SMILES string of the molecule is CC(CCCC(=O)O)NC(=O)c1ccc(CN)cc1. The molecule has 4 N–H and O–H groups in total. The molecular formula is C14H20N2O3. The van der Waals surface area contributed by atoms with Crippen molar-refractivity contribution in [2.75, 3.05) is 0 Å². The van der Waals surface area contributed by atoms with Crippen molar-refractivity contribution in [3.63, 3.8) is 0 Å². The number of carboxylic acids is 1. The van der Waals surface area contributed by atoms with Gasteiger partial charge in [-0.05, 0) is 37.5 Å². The van der Waals surface area contributed by atoms with Gasteiger partial charge in [0.1, 0.15) is 0 Å². The molecule has 0 aliphatic rings. The molecular weight excluding hydrogens is 244 g/mol. The third-order valence-corrected chi connectivity index (χ3v) is 2.86. The van der Waals surface area contributed by atoms with Crippen molar-refractivity contribution in [1.29, 1.82) is 0 Å². The molecule has 1 unspecified atom stereocenters. The molecule has 0 aliphatic carbocycles. The number of aliphatic carboxylic acids is 1. The first-order chi connectivity index (χ1) is 9.02. The normalized spacial score (nSPS) is 11.9. The molecule has 0 bridgehead atoms. The molecule has 5 heteroatoms. The number of hydrogen-bond donors (Lipinski definition) is 3. The second kappa shape index (κ2) is 7.53. The Morgan fingerprint density at radius 3 is 2.47 bits per heavy atom. The number of hydrogen-bond acceptors (Lipinski definition) is 3. The van der Waals surface area contributed by atoms with E-state index in [1.807, 2.05) is 19.1 Å². The Labute approximate surface area is 112 Å². The molecule has 0 saturated carbocycles. The molecule has 1 amide bonds. The van der Waals surface area contributed by atoms with Gasteiger partial charge in [0.05, 0.1) is 0 Å². The van der Waals surface area contributed by atoms with Gasteiger partial charge >= 0.3 is 5.97 Å². The number of carbonyl (C=O) groups is 2. The van der Waals surface area contributed by atoms with Crippen LogP contribution in [0.3, 0.4) is 0 Å². The van der Waals surface area contributed by atoms with Crippen molar-refractivity contribution in [2.24, 2.45) is 5.73 Å². The molecule has 0 aromatic heterocycles. The van der Waals surface area contributed by atoms with Gasteiger partial charge < -0.3 is 16.2 Å². The predicted molar refractivity (Wildman–Crippen MR) is 72.7 cm³/mol. The maximum atomic E-state index is 11.9. The summed E-state index contributed by atoms with van der Waals surface area (Å²) in [6, 6.07) is 7.08. The van der Waals surface area contributed by atoms with Gasteiger partial charge in [-0.15, -0.1) is 0 Å². The number of nitrogens with two attached hydrogens (primary N) is 1. The Balaban J connectivity index is 2.42. The number of benzene rings is 1. The maximum absolute atomic E-state index is 11.9. The maximum Gasteiger partial charge on any atom is 0.303 e. The zero-order chi connectivity index (χ0) is 14.3. The van der Waals surface area contributed by atoms with E-state index in [1.165, 1.54) is 0 Å². The number of rotatable bonds is 7. The largest absolute Gasteiger partial charge is 0.481 e. The lowest BCUT2D eigenvalue weighted by atomic mass is 10.1. The average Bonchev–Trinajstić information content (AvgIpc) is 2.38. The third-order valence-electron chi connectivity index (χ3n) is 2.86. The lowest BCUT2D eigenvalue weighted by molar-refractivity contribution is -0.137. The minimum absolute atomic E-state index is 0.0407. The van der Waals surface area contributed by atoms with Crippen molar-refractivity contribution in [3.05, 3.63) is 35.4 Å². The molecule has 0 heterocycles. The summed E-state index contributed by atoms with van der Waals surface area (Å²) in [6.07, 6.45) is 1.34. The molecule has 0 fully saturated rings. The topological polar surface area (TPSA) is 92.4 Å². The molecule has 1 atom stereocenters. The highest BCUT2D eigenvalue weighted by atomic mass is 16.4. The van der Waals surface area contributed by atoms with Crippen LogP contribution >= 0.6 is 0 Å². The Morgan fingerprint density at radius 2 is 1.95 bits per heavy atom. The molecule has 0 saturated heterocycles. The van der Waals surface area contributed by atoms with Crippen LogP contribution in [0.4, 0.5) is 0 Å². The second-order valence-electron chi connectivity index (χ2n) is 4.56. The zero-order valence-electron chi connectivity index (χ0n) is 11.1. The number of carbonyl (C=O) groups excluding carboxylic acids is 1. The fraction of sp³-hybridized carbons (Fsp3) is 0.429. The number of amides is 1. The first-order valence-corrected chi connectivity index (χ1v) is 6.34. The molecule has 0 aliphatic heterocycles. The number of nitrogens with one attached hydrogen (secondary N) is 1. The van der Waals surface area contributed by atoms with Crippen LogP contribution < -0.4 is 11.1 Å². The van der Waals surface area contributed by atoms with Crippen molar-refractivity contribution in [1.82, 2.24) is 5.32 Å². The van der Waals surface area contributed by atoms with E-state index in [1.54, 1.807) is 12.1 Å². The first-order valence-electron chi connectivity index (χ1n) is 6.34. The van der Waals surface area contributed by atoms with E-state index in [0.29, 0.717) is 24.9 Å². The second-order valence-corrected chi connectivity index (χ2v) is 4.56. The summed E-state index contributed by atoms with van der Waals surface area (Å²) in [5, 5.41) is 11.4. The van der Waals surface area contributed by atoms with Gasteiger partial charge in [0.2, 0.25) is 0 Å². The molecule has 104 valence electrons. The first kappa shape index (κ1) is 15.2. The van der Waals surface area contributed by atoms with Crippen LogP contribution in [0.2, 0.25) is 0 Å². The van der Waals surface area contributed by atoms with E-state index in [9.17, 15) is 9.59 Å². The minimum atomic E-state index is -0.809. The molecule has 1 rings (SSSR count). The lowest BCUT2D eigenvalue weighted by Gasteiger charge is -2.13. The van der Waals surface area contributed by atoms with E-state index >= 15 is 0 Å². The summed E-state index contributed by atoms with van der Waals surface area (Å²) < 4.78 is 0. The summed E-state index contributed by atoms with van der Waals surface area (Å²) in [4.78, 5) is 22.3. The Hall–Kier alpha value is -1.88. The zero-order valence-corrected chi connectivity index (χ0v) is 11.1. The van der Waals surface area contributed by atoms with Crippen LogP contribution in [-0.2, 0) is 11.3 Å². The van der Waals surface area contributed by atoms with Crippen LogP contribution in [0.1, 0.15) is 42.1 Å². The Kier molecular flexibility index (Phi) is 6.02. The highest BCUT2D eigenvalue weighted by Crippen LogP contribution is 2.06. The van der Waals surface area contributed by atoms with E-state index in [0.717, 1.165) is 5.56 Å².